The smallest absolute Gasteiger partial charge is 0.331 e. The first kappa shape index (κ1) is 24.9. The van der Waals surface area contributed by atoms with E-state index in [1.165, 1.54) is 19.4 Å². The third-order valence-electron chi connectivity index (χ3n) is 9.72. The number of hydrogen-bond donors (Lipinski definition) is 0. The maximum atomic E-state index is 11.6. The Balaban J connectivity index is 1.63. The van der Waals surface area contributed by atoms with Gasteiger partial charge in [0.05, 0.1) is 5.71 Å². The molecule has 188 valence electrons. The lowest BCUT2D eigenvalue weighted by Crippen LogP contribution is -2.51. The van der Waals surface area contributed by atoms with Gasteiger partial charge in [0, 0.05) is 37.0 Å². The fraction of sp³-hybridized carbons (Fsp3) is 0.808. The van der Waals surface area contributed by atoms with E-state index in [2.05, 4.69) is 25.1 Å². The molecule has 4 aliphatic carbocycles. The maximum absolute atomic E-state index is 11.6. The van der Waals surface area contributed by atoms with Gasteiger partial charge in [0.2, 0.25) is 6.54 Å². The number of carbonyl (C=O) groups is 2. The Morgan fingerprint density at radius 3 is 2.53 bits per heavy atom. The number of hydrogen-bond acceptors (Lipinski definition) is 7. The second kappa shape index (κ2) is 9.08. The van der Waals surface area contributed by atoms with Crippen molar-refractivity contribution in [1.29, 1.82) is 0 Å². The van der Waals surface area contributed by atoms with E-state index < -0.39 is 5.97 Å². The quantitative estimate of drug-likeness (QED) is 0.139. The Hall–Kier alpha value is -2.25. The molecule has 0 aromatic rings. The monoisotopic (exact) mass is 474 g/mol. The zero-order chi connectivity index (χ0) is 24.8. The molecule has 0 radical (unpaired) electrons. The van der Waals surface area contributed by atoms with Crippen molar-refractivity contribution >= 4 is 17.7 Å². The van der Waals surface area contributed by atoms with E-state index in [1.54, 1.807) is 0 Å². The molecular formula is C26H38N2O6. The predicted molar refractivity (Wildman–Crippen MR) is 126 cm³/mol. The Bertz CT molecular complexity index is 928. The first-order valence-corrected chi connectivity index (χ1v) is 12.7. The molecule has 0 amide bonds. The topological polar surface area (TPSA) is 108 Å². The highest BCUT2D eigenvalue weighted by molar-refractivity contribution is 5.86. The lowest BCUT2D eigenvalue weighted by Gasteiger charge is -2.58. The summed E-state index contributed by atoms with van der Waals surface area (Å²) in [4.78, 5) is 39.2. The summed E-state index contributed by atoms with van der Waals surface area (Å²) >= 11 is 0. The molecule has 0 bridgehead atoms. The van der Waals surface area contributed by atoms with Crippen molar-refractivity contribution in [1.82, 2.24) is 0 Å². The predicted octanol–water partition coefficient (Wildman–Crippen LogP) is 4.94. The summed E-state index contributed by atoms with van der Waals surface area (Å²) in [6, 6.07) is 0. The van der Waals surface area contributed by atoms with Crippen molar-refractivity contribution in [2.75, 3.05) is 6.54 Å². The minimum atomic E-state index is -0.476. The van der Waals surface area contributed by atoms with Gasteiger partial charge in [0.25, 0.3) is 0 Å². The summed E-state index contributed by atoms with van der Waals surface area (Å²) < 4.78 is 5.55. The Morgan fingerprint density at radius 1 is 1.15 bits per heavy atom. The van der Waals surface area contributed by atoms with Crippen LogP contribution in [0.2, 0.25) is 0 Å². The van der Waals surface area contributed by atoms with E-state index in [0.29, 0.717) is 23.5 Å². The van der Waals surface area contributed by atoms with Crippen molar-refractivity contribution in [2.45, 2.75) is 85.7 Å². The summed E-state index contributed by atoms with van der Waals surface area (Å²) in [5.74, 6) is 0.501. The van der Waals surface area contributed by atoms with Crippen LogP contribution in [0.1, 0.15) is 79.6 Å². The number of nitro groups is 1. The first-order valence-electron chi connectivity index (χ1n) is 12.7. The largest absolute Gasteiger partial charge is 0.462 e. The zero-order valence-electron chi connectivity index (χ0n) is 21.0. The van der Waals surface area contributed by atoms with E-state index in [0.717, 1.165) is 44.9 Å². The molecule has 4 aliphatic rings. The Kier molecular flexibility index (Phi) is 6.64. The minimum absolute atomic E-state index is 0.0253. The van der Waals surface area contributed by atoms with E-state index in [-0.39, 0.29) is 46.2 Å². The third kappa shape index (κ3) is 4.29. The fourth-order valence-electron chi connectivity index (χ4n) is 8.52. The highest BCUT2D eigenvalue weighted by Crippen LogP contribution is 2.67. The number of oxime groups is 1. The van der Waals surface area contributed by atoms with Gasteiger partial charge in [-0.15, -0.1) is 0 Å². The molecule has 3 fully saturated rings. The molecule has 8 heteroatoms. The number of fused-ring (bicyclic) bond motifs is 5. The number of allylic oxidation sites excluding steroid dienone is 1. The number of nitrogens with zero attached hydrogens (tertiary/aromatic N) is 2. The summed E-state index contributed by atoms with van der Waals surface area (Å²) in [5.41, 5.74) is 2.12. The molecular weight excluding hydrogens is 436 g/mol. The fourth-order valence-corrected chi connectivity index (χ4v) is 8.52. The molecule has 4 rings (SSSR count). The second-order valence-electron chi connectivity index (χ2n) is 11.6. The Labute approximate surface area is 201 Å². The molecule has 0 aromatic carbocycles. The van der Waals surface area contributed by atoms with Gasteiger partial charge in [-0.05, 0) is 74.0 Å². The van der Waals surface area contributed by atoms with Crippen LogP contribution < -0.4 is 0 Å². The zero-order valence-corrected chi connectivity index (χ0v) is 21.0. The van der Waals surface area contributed by atoms with Crippen LogP contribution in [0.4, 0.5) is 0 Å². The normalized spacial score (nSPS) is 41.4. The van der Waals surface area contributed by atoms with Crippen LogP contribution in [-0.2, 0) is 19.2 Å². The Morgan fingerprint density at radius 2 is 1.88 bits per heavy atom. The van der Waals surface area contributed by atoms with Crippen molar-refractivity contribution in [3.05, 3.63) is 21.8 Å². The van der Waals surface area contributed by atoms with Crippen molar-refractivity contribution < 1.29 is 24.1 Å². The van der Waals surface area contributed by atoms with Crippen molar-refractivity contribution in [2.24, 2.45) is 45.6 Å². The summed E-state index contributed by atoms with van der Waals surface area (Å²) in [6.45, 7) is 9.24. The maximum Gasteiger partial charge on any atom is 0.331 e. The highest BCUT2D eigenvalue weighted by Gasteiger charge is 2.62. The van der Waals surface area contributed by atoms with Gasteiger partial charge < -0.3 is 9.57 Å². The minimum Gasteiger partial charge on any atom is -0.462 e. The summed E-state index contributed by atoms with van der Waals surface area (Å²) in [7, 11) is 0. The van der Waals surface area contributed by atoms with Crippen LogP contribution in [0, 0.1) is 50.5 Å². The molecule has 0 aromatic heterocycles. The van der Waals surface area contributed by atoms with Gasteiger partial charge in [-0.25, -0.2) is 4.79 Å². The molecule has 0 heterocycles. The number of esters is 1. The average Bonchev–Trinajstić information content (AvgIpc) is 3.03. The third-order valence-corrected chi connectivity index (χ3v) is 9.72. The highest BCUT2D eigenvalue weighted by atomic mass is 16.7. The van der Waals surface area contributed by atoms with Crippen LogP contribution >= 0.6 is 0 Å². The van der Waals surface area contributed by atoms with Crippen LogP contribution in [-0.4, -0.2) is 35.2 Å². The lowest BCUT2D eigenvalue weighted by atomic mass is 9.47. The van der Waals surface area contributed by atoms with E-state index >= 15 is 0 Å². The summed E-state index contributed by atoms with van der Waals surface area (Å²) in [6.07, 6.45) is 8.93. The molecule has 8 atom stereocenters. The number of rotatable bonds is 5. The van der Waals surface area contributed by atoms with E-state index in [9.17, 15) is 19.7 Å². The SMILES string of the molecule is CC(=O)O/N=C(\C)[C@H]1[C@H](C[N+](=O)[O-])C[C@H]2[C@@H]3CC=C4C[C@@H](OC(C)=O)CC[C@]4(C)[C@H]3CC[C@@]21C. The van der Waals surface area contributed by atoms with E-state index in [1.807, 2.05) is 6.92 Å². The molecule has 0 spiro atoms. The standard InChI is InChI=1S/C26H38N2O6/c1-15(27-34-17(3)30)24-18(14-28(31)32)12-23-21-7-6-19-13-20(33-16(2)29)8-10-25(19,4)22(21)9-11-26(23,24)5/h6,18,20-24H,7-14H2,1-5H3/b27-15+/t18-,20-,21+,22-,23-,24-,25-,26-/m0/s1. The second-order valence-corrected chi connectivity index (χ2v) is 11.6. The van der Waals surface area contributed by atoms with Crippen molar-refractivity contribution in [3.8, 4) is 0 Å². The van der Waals surface area contributed by atoms with Gasteiger partial charge in [-0.2, -0.15) is 0 Å². The number of ether oxygens (including phenoxy) is 1. The molecule has 34 heavy (non-hydrogen) atoms. The van der Waals surface area contributed by atoms with Gasteiger partial charge >= 0.3 is 11.9 Å². The molecule has 8 nitrogen and oxygen atoms in total. The van der Waals surface area contributed by atoms with Crippen molar-refractivity contribution in [3.63, 3.8) is 0 Å². The number of carbonyl (C=O) groups excluding carboxylic acids is 2. The van der Waals surface area contributed by atoms with Gasteiger partial charge in [0.15, 0.2) is 0 Å². The van der Waals surface area contributed by atoms with Gasteiger partial charge in [0.1, 0.15) is 6.10 Å². The average molecular weight is 475 g/mol. The first-order chi connectivity index (χ1) is 16.0. The molecule has 0 N–H and O–H groups in total. The van der Waals surface area contributed by atoms with Gasteiger partial charge in [-0.3, -0.25) is 14.9 Å². The molecule has 0 saturated heterocycles. The summed E-state index contributed by atoms with van der Waals surface area (Å²) in [5, 5.41) is 15.7. The molecule has 0 unspecified atom stereocenters. The van der Waals surface area contributed by atoms with Crippen LogP contribution in [0.3, 0.4) is 0 Å². The van der Waals surface area contributed by atoms with Crippen LogP contribution in [0.25, 0.3) is 0 Å². The molecule has 3 saturated carbocycles. The molecule has 0 aliphatic heterocycles. The van der Waals surface area contributed by atoms with Crippen LogP contribution in [0.5, 0.6) is 0 Å². The van der Waals surface area contributed by atoms with Crippen LogP contribution in [0.15, 0.2) is 16.8 Å². The van der Waals surface area contributed by atoms with E-state index in [4.69, 9.17) is 9.57 Å². The van der Waals surface area contributed by atoms with Gasteiger partial charge in [-0.1, -0.05) is 30.7 Å². The lowest BCUT2D eigenvalue weighted by molar-refractivity contribution is -0.489.